The summed E-state index contributed by atoms with van der Waals surface area (Å²) in [5.41, 5.74) is 6.56. The quantitative estimate of drug-likeness (QED) is 0.685. The number of esters is 1. The Labute approximate surface area is 123 Å². The van der Waals surface area contributed by atoms with Gasteiger partial charge in [-0.1, -0.05) is 49.1 Å². The molecule has 1 aromatic rings. The number of rotatable bonds is 4. The van der Waals surface area contributed by atoms with E-state index < -0.39 is 19.7 Å². The van der Waals surface area contributed by atoms with E-state index in [0.717, 1.165) is 5.56 Å². The van der Waals surface area contributed by atoms with Gasteiger partial charge in [-0.2, -0.15) is 0 Å². The lowest BCUT2D eigenvalue weighted by atomic mass is 10.1. The Balaban J connectivity index is 2.76. The minimum atomic E-state index is -1.34. The first-order chi connectivity index (χ1) is 8.99. The van der Waals surface area contributed by atoms with Crippen molar-refractivity contribution in [2.75, 3.05) is 0 Å². The third-order valence-corrected chi connectivity index (χ3v) is 5.00. The van der Waals surface area contributed by atoms with Crippen LogP contribution in [0.2, 0.25) is 19.6 Å². The van der Waals surface area contributed by atoms with Gasteiger partial charge in [0.2, 0.25) is 0 Å². The van der Waals surface area contributed by atoms with Gasteiger partial charge in [-0.15, -0.1) is 0 Å². The van der Waals surface area contributed by atoms with Gasteiger partial charge in [-0.3, -0.25) is 4.79 Å². The van der Waals surface area contributed by atoms with Crippen LogP contribution >= 0.6 is 0 Å². The number of benzene rings is 1. The number of carbonyl (C=O) groups excluding carboxylic acids is 1. The minimum absolute atomic E-state index is 0.337. The third kappa shape index (κ3) is 5.47. The first-order valence-electron chi connectivity index (χ1n) is 7.07. The molecule has 2 N–H and O–H groups in total. The molecule has 4 heteroatoms. The molecule has 0 amide bonds. The van der Waals surface area contributed by atoms with E-state index in [1.165, 1.54) is 5.19 Å². The van der Waals surface area contributed by atoms with Gasteiger partial charge >= 0.3 is 5.97 Å². The van der Waals surface area contributed by atoms with Crippen LogP contribution in [-0.4, -0.2) is 25.7 Å². The number of carbonyl (C=O) groups is 1. The van der Waals surface area contributed by atoms with E-state index in [2.05, 4.69) is 31.8 Å². The van der Waals surface area contributed by atoms with Crippen LogP contribution in [0.25, 0.3) is 0 Å². The van der Waals surface area contributed by atoms with Crippen LogP contribution < -0.4 is 10.9 Å². The highest BCUT2D eigenvalue weighted by Gasteiger charge is 2.23. The normalized spacial score (nSPS) is 13.9. The molecule has 0 aromatic heterocycles. The molecule has 1 aromatic carbocycles. The number of hydrogen-bond donors (Lipinski definition) is 1. The Kier molecular flexibility index (Phi) is 5.16. The summed E-state index contributed by atoms with van der Waals surface area (Å²) in [7, 11) is -1.34. The molecule has 0 radical (unpaired) electrons. The van der Waals surface area contributed by atoms with Crippen molar-refractivity contribution >= 4 is 19.2 Å². The fourth-order valence-corrected chi connectivity index (χ4v) is 3.09. The predicted octanol–water partition coefficient (Wildman–Crippen LogP) is 2.44. The molecule has 0 unspecified atom stereocenters. The van der Waals surface area contributed by atoms with Crippen molar-refractivity contribution in [3.63, 3.8) is 0 Å². The molecule has 20 heavy (non-hydrogen) atoms. The summed E-state index contributed by atoms with van der Waals surface area (Å²) < 4.78 is 5.31. The van der Waals surface area contributed by atoms with Crippen molar-refractivity contribution < 1.29 is 9.53 Å². The van der Waals surface area contributed by atoms with Crippen LogP contribution in [0, 0.1) is 0 Å². The zero-order valence-corrected chi connectivity index (χ0v) is 14.5. The van der Waals surface area contributed by atoms with Gasteiger partial charge in [0.15, 0.2) is 0 Å². The third-order valence-electron chi connectivity index (χ3n) is 2.96. The summed E-state index contributed by atoms with van der Waals surface area (Å²) in [6.07, 6.45) is 0.521. The maximum Gasteiger partial charge on any atom is 0.323 e. The molecule has 0 fully saturated rings. The number of hydrogen-bond acceptors (Lipinski definition) is 3. The fraction of sp³-hybridized carbons (Fsp3) is 0.562. The molecule has 3 nitrogen and oxygen atoms in total. The van der Waals surface area contributed by atoms with Crippen molar-refractivity contribution in [2.45, 2.75) is 58.5 Å². The fourth-order valence-electron chi connectivity index (χ4n) is 1.88. The van der Waals surface area contributed by atoms with E-state index in [1.54, 1.807) is 0 Å². The molecule has 0 saturated heterocycles. The van der Waals surface area contributed by atoms with E-state index in [-0.39, 0.29) is 5.97 Å². The van der Waals surface area contributed by atoms with Crippen molar-refractivity contribution in [1.29, 1.82) is 0 Å². The molecule has 0 saturated carbocycles. The lowest BCUT2D eigenvalue weighted by molar-refractivity contribution is -0.156. The molecule has 0 bridgehead atoms. The van der Waals surface area contributed by atoms with E-state index in [1.807, 2.05) is 32.9 Å². The summed E-state index contributed by atoms with van der Waals surface area (Å²) in [6.45, 7) is 12.5. The second-order valence-electron chi connectivity index (χ2n) is 7.29. The summed E-state index contributed by atoms with van der Waals surface area (Å²) in [4.78, 5) is 11.9. The standard InChI is InChI=1S/C16H27NO2Si/c1-16(2,3)19-15(18)14(17)11-12-8-7-9-13(10-12)20(4,5)6/h7-10,14H,11,17H2,1-6H3/t14-/m0/s1. The summed E-state index contributed by atoms with van der Waals surface area (Å²) >= 11 is 0. The highest BCUT2D eigenvalue weighted by atomic mass is 28.3. The van der Waals surface area contributed by atoms with Crippen molar-refractivity contribution in [3.05, 3.63) is 29.8 Å². The summed E-state index contributed by atoms with van der Waals surface area (Å²) in [5, 5.41) is 1.38. The van der Waals surface area contributed by atoms with Crippen LogP contribution in [-0.2, 0) is 16.0 Å². The largest absolute Gasteiger partial charge is 0.459 e. The van der Waals surface area contributed by atoms with Gasteiger partial charge in [0.05, 0.1) is 8.07 Å². The molecule has 0 spiro atoms. The summed E-state index contributed by atoms with van der Waals surface area (Å²) in [6, 6.07) is 7.80. The Bertz CT molecular complexity index is 472. The first kappa shape index (κ1) is 16.9. The molecule has 1 atom stereocenters. The molecule has 1 rings (SSSR count). The predicted molar refractivity (Wildman–Crippen MR) is 86.9 cm³/mol. The van der Waals surface area contributed by atoms with Crippen molar-refractivity contribution in [2.24, 2.45) is 5.73 Å². The van der Waals surface area contributed by atoms with E-state index in [9.17, 15) is 4.79 Å². The van der Waals surface area contributed by atoms with Crippen LogP contribution in [0.4, 0.5) is 0 Å². The van der Waals surface area contributed by atoms with Crippen molar-refractivity contribution in [3.8, 4) is 0 Å². The molecule has 112 valence electrons. The smallest absolute Gasteiger partial charge is 0.323 e. The second-order valence-corrected chi connectivity index (χ2v) is 12.4. The van der Waals surface area contributed by atoms with Gasteiger partial charge in [0.25, 0.3) is 0 Å². The van der Waals surface area contributed by atoms with Gasteiger partial charge in [0, 0.05) is 0 Å². The Hall–Kier alpha value is -1.13. The maximum atomic E-state index is 11.9. The van der Waals surface area contributed by atoms with Gasteiger partial charge < -0.3 is 10.5 Å². The summed E-state index contributed by atoms with van der Waals surface area (Å²) in [5.74, 6) is -0.337. The van der Waals surface area contributed by atoms with E-state index in [4.69, 9.17) is 10.5 Å². The zero-order chi connectivity index (χ0) is 15.6. The van der Waals surface area contributed by atoms with Crippen LogP contribution in [0.15, 0.2) is 24.3 Å². The molecular formula is C16H27NO2Si. The van der Waals surface area contributed by atoms with Crippen LogP contribution in [0.1, 0.15) is 26.3 Å². The lowest BCUT2D eigenvalue weighted by Gasteiger charge is -2.22. The second kappa shape index (κ2) is 6.10. The topological polar surface area (TPSA) is 52.3 Å². The molecular weight excluding hydrogens is 266 g/mol. The molecule has 0 aliphatic rings. The average Bonchev–Trinajstić information content (AvgIpc) is 2.25. The van der Waals surface area contributed by atoms with Gasteiger partial charge in [-0.25, -0.2) is 0 Å². The molecule has 0 heterocycles. The Morgan fingerprint density at radius 1 is 1.30 bits per heavy atom. The monoisotopic (exact) mass is 293 g/mol. The highest BCUT2D eigenvalue weighted by Crippen LogP contribution is 2.11. The highest BCUT2D eigenvalue weighted by molar-refractivity contribution is 6.88. The zero-order valence-electron chi connectivity index (χ0n) is 13.5. The Morgan fingerprint density at radius 3 is 2.40 bits per heavy atom. The maximum absolute atomic E-state index is 11.9. The average molecular weight is 293 g/mol. The van der Waals surface area contributed by atoms with Crippen LogP contribution in [0.5, 0.6) is 0 Å². The first-order valence-corrected chi connectivity index (χ1v) is 10.6. The SMILES string of the molecule is CC(C)(C)OC(=O)[C@@H](N)Cc1cccc([Si](C)(C)C)c1. The molecule has 0 aliphatic heterocycles. The Morgan fingerprint density at radius 2 is 1.90 bits per heavy atom. The van der Waals surface area contributed by atoms with Crippen molar-refractivity contribution in [1.82, 2.24) is 0 Å². The molecule has 0 aliphatic carbocycles. The number of nitrogens with two attached hydrogens (primary N) is 1. The van der Waals surface area contributed by atoms with Gasteiger partial charge in [0.1, 0.15) is 11.6 Å². The van der Waals surface area contributed by atoms with Crippen LogP contribution in [0.3, 0.4) is 0 Å². The van der Waals surface area contributed by atoms with E-state index >= 15 is 0 Å². The lowest BCUT2D eigenvalue weighted by Crippen LogP contribution is -2.40. The van der Waals surface area contributed by atoms with E-state index in [0.29, 0.717) is 6.42 Å². The number of ether oxygens (including phenoxy) is 1. The van der Waals surface area contributed by atoms with Gasteiger partial charge in [-0.05, 0) is 32.8 Å². The minimum Gasteiger partial charge on any atom is -0.459 e.